The van der Waals surface area contributed by atoms with Crippen molar-refractivity contribution in [3.63, 3.8) is 0 Å². The molecular weight excluding hydrogens is 1160 g/mol. The molecule has 0 fully saturated rings. The molecule has 17 rings (SSSR count). The summed E-state index contributed by atoms with van der Waals surface area (Å²) in [5.41, 5.74) is 41.0. The van der Waals surface area contributed by atoms with Crippen LogP contribution >= 0.6 is 0 Å². The minimum absolute atomic E-state index is 0.192. The largest absolute Gasteiger partial charge is 0.311 e. The lowest BCUT2D eigenvalue weighted by molar-refractivity contribution is 1.17. The van der Waals surface area contributed by atoms with Crippen molar-refractivity contribution in [1.82, 2.24) is 4.57 Å². The standard InChI is InChI=1S/C92H72BN3/c1-57-23-18-24-58(2)87(57)68-39-44-73(45-40-68)94-83-50-43-71(89-61(5)27-20-28-62(89)6)53-80(83)93-79-47-46-74(95-81-48-41-69(65-31-12-9-13-32-65)51-77(81)78-52-70(42-49-82(78)95)88-59(3)25-19-26-60(88)4)56-84(79)96(86-55-72(54-85(94)91(86)93)90-63(7)29-21-30-64(90)8)92-75(66-33-14-10-15-34-66)37-22-38-76(92)67-35-16-11-17-36-67/h9-56H,1-8H3. The van der Waals surface area contributed by atoms with Crippen LogP contribution in [0.4, 0.5) is 34.1 Å². The third kappa shape index (κ3) is 9.49. The van der Waals surface area contributed by atoms with E-state index in [9.17, 15) is 0 Å². The van der Waals surface area contributed by atoms with Gasteiger partial charge in [-0.2, -0.15) is 0 Å². The Morgan fingerprint density at radius 1 is 0.240 bits per heavy atom. The Balaban J connectivity index is 1.01. The molecule has 0 saturated carbocycles. The summed E-state index contributed by atoms with van der Waals surface area (Å²) in [6.07, 6.45) is 0. The van der Waals surface area contributed by atoms with Crippen molar-refractivity contribution in [2.45, 2.75) is 55.4 Å². The number of hydrogen-bond donors (Lipinski definition) is 0. The Labute approximate surface area is 564 Å². The van der Waals surface area contributed by atoms with Gasteiger partial charge in [-0.15, -0.1) is 0 Å². The van der Waals surface area contributed by atoms with Gasteiger partial charge in [0, 0.05) is 56.0 Å². The summed E-state index contributed by atoms with van der Waals surface area (Å²) < 4.78 is 2.54. The van der Waals surface area contributed by atoms with E-state index in [1.54, 1.807) is 0 Å². The van der Waals surface area contributed by atoms with E-state index in [1.807, 2.05) is 0 Å². The zero-order chi connectivity index (χ0) is 65.0. The smallest absolute Gasteiger partial charge is 0.252 e. The number of para-hydroxylation sites is 1. The molecule has 15 aromatic rings. The van der Waals surface area contributed by atoms with Crippen molar-refractivity contribution in [1.29, 1.82) is 0 Å². The second-order valence-corrected chi connectivity index (χ2v) is 26.8. The van der Waals surface area contributed by atoms with Crippen LogP contribution in [0, 0.1) is 55.4 Å². The Kier molecular flexibility index (Phi) is 14.1. The number of aromatic nitrogens is 1. The molecular formula is C92H72BN3. The maximum Gasteiger partial charge on any atom is 0.252 e. The number of nitrogens with zero attached hydrogens (tertiary/aromatic N) is 3. The lowest BCUT2D eigenvalue weighted by Gasteiger charge is -2.45. The molecule has 2 aliphatic heterocycles. The molecule has 4 heteroatoms. The van der Waals surface area contributed by atoms with Crippen molar-refractivity contribution in [2.24, 2.45) is 0 Å². The van der Waals surface area contributed by atoms with Crippen LogP contribution < -0.4 is 26.2 Å². The maximum absolute atomic E-state index is 2.69. The molecule has 458 valence electrons. The zero-order valence-electron chi connectivity index (χ0n) is 55.6. The molecule has 0 atom stereocenters. The van der Waals surface area contributed by atoms with Crippen LogP contribution in [-0.4, -0.2) is 11.3 Å². The average molecular weight is 1230 g/mol. The SMILES string of the molecule is Cc1cccc(C)c1-c1ccc(N2c3ccc(-c4c(C)cccc4C)cc3B3c4ccc(-n5c6ccc(-c7ccccc7)cc6c6cc(-c7c(C)cccc7C)ccc65)cc4N(c4c(-c5ccccc5)cccc4-c4ccccc4)c4cc(-c5c(C)cccc5C)cc2c43)cc1. The summed E-state index contributed by atoms with van der Waals surface area (Å²) in [6, 6.07) is 110. The highest BCUT2D eigenvalue weighted by atomic mass is 15.2. The van der Waals surface area contributed by atoms with Gasteiger partial charge in [-0.1, -0.05) is 224 Å². The first-order valence-corrected chi connectivity index (χ1v) is 33.8. The minimum atomic E-state index is -0.192. The molecule has 2 aliphatic rings. The average Bonchev–Trinajstić information content (AvgIpc) is 0.747. The van der Waals surface area contributed by atoms with Gasteiger partial charge in [-0.05, 0) is 250 Å². The Morgan fingerprint density at radius 3 is 1.17 bits per heavy atom. The molecule has 1 aromatic heterocycles. The molecule has 0 radical (unpaired) electrons. The van der Waals surface area contributed by atoms with Crippen LogP contribution in [0.1, 0.15) is 44.5 Å². The number of hydrogen-bond acceptors (Lipinski definition) is 2. The van der Waals surface area contributed by atoms with E-state index in [0.717, 1.165) is 67.4 Å². The van der Waals surface area contributed by atoms with E-state index in [0.29, 0.717) is 0 Å². The number of fused-ring (bicyclic) bond motifs is 7. The molecule has 3 nitrogen and oxygen atoms in total. The van der Waals surface area contributed by atoms with E-state index >= 15 is 0 Å². The van der Waals surface area contributed by atoms with Gasteiger partial charge in [0.1, 0.15) is 0 Å². The third-order valence-corrected chi connectivity index (χ3v) is 20.8. The summed E-state index contributed by atoms with van der Waals surface area (Å²) >= 11 is 0. The zero-order valence-corrected chi connectivity index (χ0v) is 55.6. The number of benzene rings is 14. The van der Waals surface area contributed by atoms with E-state index < -0.39 is 0 Å². The van der Waals surface area contributed by atoms with Gasteiger partial charge >= 0.3 is 0 Å². The van der Waals surface area contributed by atoms with Crippen molar-refractivity contribution in [3.8, 4) is 83.6 Å². The van der Waals surface area contributed by atoms with Gasteiger partial charge in [0.25, 0.3) is 6.71 Å². The van der Waals surface area contributed by atoms with Crippen LogP contribution in [0.5, 0.6) is 0 Å². The highest BCUT2D eigenvalue weighted by Crippen LogP contribution is 2.53. The van der Waals surface area contributed by atoms with Crippen molar-refractivity contribution >= 4 is 79.0 Å². The van der Waals surface area contributed by atoms with Gasteiger partial charge in [-0.25, -0.2) is 0 Å². The number of aryl methyl sites for hydroxylation is 8. The number of anilines is 6. The Bertz CT molecular complexity index is 5490. The molecule has 0 amide bonds. The third-order valence-electron chi connectivity index (χ3n) is 20.8. The summed E-state index contributed by atoms with van der Waals surface area (Å²) in [6.45, 7) is 17.8. The topological polar surface area (TPSA) is 11.4 Å². The van der Waals surface area contributed by atoms with Gasteiger partial charge in [0.2, 0.25) is 0 Å². The lowest BCUT2D eigenvalue weighted by Crippen LogP contribution is -2.61. The van der Waals surface area contributed by atoms with Gasteiger partial charge in [0.05, 0.1) is 16.7 Å². The molecule has 0 bridgehead atoms. The molecule has 96 heavy (non-hydrogen) atoms. The van der Waals surface area contributed by atoms with Crippen molar-refractivity contribution in [3.05, 3.63) is 336 Å². The summed E-state index contributed by atoms with van der Waals surface area (Å²) in [7, 11) is 0. The van der Waals surface area contributed by atoms with E-state index in [2.05, 4.69) is 361 Å². The first-order chi connectivity index (χ1) is 46.9. The van der Waals surface area contributed by atoms with Gasteiger partial charge < -0.3 is 14.4 Å². The predicted octanol–water partition coefficient (Wildman–Crippen LogP) is 23.0. The summed E-state index contributed by atoms with van der Waals surface area (Å²) in [4.78, 5) is 5.29. The van der Waals surface area contributed by atoms with Crippen molar-refractivity contribution in [2.75, 3.05) is 9.80 Å². The van der Waals surface area contributed by atoms with Gasteiger partial charge in [0.15, 0.2) is 0 Å². The molecule has 0 unspecified atom stereocenters. The van der Waals surface area contributed by atoms with E-state index in [4.69, 9.17) is 0 Å². The van der Waals surface area contributed by atoms with Crippen LogP contribution in [0.2, 0.25) is 0 Å². The first-order valence-electron chi connectivity index (χ1n) is 33.8. The lowest BCUT2D eigenvalue weighted by atomic mass is 9.33. The molecule has 0 aliphatic carbocycles. The molecule has 0 N–H and O–H groups in total. The summed E-state index contributed by atoms with van der Waals surface area (Å²) in [5.74, 6) is 0. The minimum Gasteiger partial charge on any atom is -0.311 e. The second-order valence-electron chi connectivity index (χ2n) is 26.8. The fourth-order valence-electron chi connectivity index (χ4n) is 16.6. The van der Waals surface area contributed by atoms with E-state index in [-0.39, 0.29) is 6.71 Å². The van der Waals surface area contributed by atoms with Crippen LogP contribution in [0.25, 0.3) is 105 Å². The normalized spacial score (nSPS) is 12.3. The molecule has 3 heterocycles. The number of rotatable bonds is 10. The molecule has 0 saturated heterocycles. The predicted molar refractivity (Wildman–Crippen MR) is 411 cm³/mol. The quantitative estimate of drug-likeness (QED) is 0.126. The molecule has 0 spiro atoms. The molecule has 14 aromatic carbocycles. The first kappa shape index (κ1) is 58.4. The maximum atomic E-state index is 2.69. The van der Waals surface area contributed by atoms with Crippen LogP contribution in [0.3, 0.4) is 0 Å². The van der Waals surface area contributed by atoms with E-state index in [1.165, 1.54) is 133 Å². The van der Waals surface area contributed by atoms with Crippen LogP contribution in [0.15, 0.2) is 291 Å². The summed E-state index contributed by atoms with van der Waals surface area (Å²) in [5, 5.41) is 2.43. The van der Waals surface area contributed by atoms with Crippen LogP contribution in [-0.2, 0) is 0 Å². The van der Waals surface area contributed by atoms with Crippen molar-refractivity contribution < 1.29 is 0 Å². The highest BCUT2D eigenvalue weighted by molar-refractivity contribution is 7.00. The fourth-order valence-corrected chi connectivity index (χ4v) is 16.6. The monoisotopic (exact) mass is 1230 g/mol. The highest BCUT2D eigenvalue weighted by Gasteiger charge is 2.45. The Hall–Kier alpha value is -11.5. The van der Waals surface area contributed by atoms with Gasteiger partial charge in [-0.3, -0.25) is 0 Å². The second kappa shape index (κ2) is 23.2. The Morgan fingerprint density at radius 2 is 0.646 bits per heavy atom. The fraction of sp³-hybridized carbons (Fsp3) is 0.0870.